The van der Waals surface area contributed by atoms with E-state index >= 15 is 0 Å². The van der Waals surface area contributed by atoms with Crippen molar-refractivity contribution in [1.82, 2.24) is 4.90 Å². The Bertz CT molecular complexity index is 852. The van der Waals surface area contributed by atoms with Gasteiger partial charge in [0.1, 0.15) is 0 Å². The fourth-order valence-corrected chi connectivity index (χ4v) is 3.74. The molecule has 2 aromatic carbocycles. The number of nitrogens with one attached hydrogen (secondary N) is 1. The number of urea groups is 1. The van der Waals surface area contributed by atoms with E-state index < -0.39 is 11.9 Å². The number of hydrogen-bond acceptors (Lipinski definition) is 3. The summed E-state index contributed by atoms with van der Waals surface area (Å²) < 4.78 is 0. The average Bonchev–Trinajstić information content (AvgIpc) is 3.30. The predicted molar refractivity (Wildman–Crippen MR) is 99.9 cm³/mol. The van der Waals surface area contributed by atoms with E-state index in [1.807, 2.05) is 36.4 Å². The minimum atomic E-state index is -0.839. The van der Waals surface area contributed by atoms with Crippen molar-refractivity contribution in [2.45, 2.75) is 12.8 Å². The Morgan fingerprint density at radius 2 is 1.73 bits per heavy atom. The maximum absolute atomic E-state index is 12.6. The molecule has 6 heteroatoms. The van der Waals surface area contributed by atoms with Crippen molar-refractivity contribution in [3.63, 3.8) is 0 Å². The third kappa shape index (κ3) is 2.98. The van der Waals surface area contributed by atoms with Crippen molar-refractivity contribution < 1.29 is 14.7 Å². The lowest BCUT2D eigenvalue weighted by Crippen LogP contribution is -2.34. The van der Waals surface area contributed by atoms with E-state index in [2.05, 4.69) is 22.3 Å². The van der Waals surface area contributed by atoms with E-state index in [1.165, 1.54) is 11.3 Å². The topological polar surface area (TPSA) is 72.9 Å². The van der Waals surface area contributed by atoms with Crippen LogP contribution in [0, 0.1) is 5.92 Å². The van der Waals surface area contributed by atoms with Gasteiger partial charge in [-0.15, -0.1) is 0 Å². The van der Waals surface area contributed by atoms with Gasteiger partial charge in [-0.1, -0.05) is 30.3 Å². The Kier molecular flexibility index (Phi) is 4.24. The molecule has 6 nitrogen and oxygen atoms in total. The highest BCUT2D eigenvalue weighted by molar-refractivity contribution is 5.95. The van der Waals surface area contributed by atoms with Gasteiger partial charge in [-0.3, -0.25) is 4.79 Å². The van der Waals surface area contributed by atoms with Crippen molar-refractivity contribution in [3.05, 3.63) is 54.1 Å². The number of likely N-dealkylation sites (tertiary alicyclic amines) is 1. The molecular formula is C20H21N3O3. The number of carboxylic acids is 1. The first kappa shape index (κ1) is 16.4. The summed E-state index contributed by atoms with van der Waals surface area (Å²) in [5.41, 5.74) is 4.17. The fraction of sp³-hybridized carbons (Fsp3) is 0.300. The molecule has 2 heterocycles. The molecule has 134 valence electrons. The minimum Gasteiger partial charge on any atom is -0.481 e. The summed E-state index contributed by atoms with van der Waals surface area (Å²) in [4.78, 5) is 27.5. The molecule has 2 aliphatic heterocycles. The molecule has 2 aliphatic rings. The van der Waals surface area contributed by atoms with Crippen LogP contribution in [0.2, 0.25) is 0 Å². The van der Waals surface area contributed by atoms with E-state index in [9.17, 15) is 9.59 Å². The quantitative estimate of drug-likeness (QED) is 0.890. The number of amides is 2. The molecule has 2 aromatic rings. The molecule has 2 N–H and O–H groups in total. The first-order valence-corrected chi connectivity index (χ1v) is 8.86. The Hall–Kier alpha value is -3.02. The van der Waals surface area contributed by atoms with Gasteiger partial charge in [0, 0.05) is 25.3 Å². The van der Waals surface area contributed by atoms with Crippen LogP contribution in [-0.4, -0.2) is 41.6 Å². The van der Waals surface area contributed by atoms with E-state index in [1.54, 1.807) is 4.90 Å². The lowest BCUT2D eigenvalue weighted by molar-refractivity contribution is -0.141. The number of para-hydroxylation sites is 3. The van der Waals surface area contributed by atoms with Gasteiger partial charge >= 0.3 is 12.0 Å². The number of benzene rings is 2. The zero-order valence-electron chi connectivity index (χ0n) is 14.4. The van der Waals surface area contributed by atoms with Gasteiger partial charge in [-0.05, 0) is 36.6 Å². The number of carbonyl (C=O) groups is 2. The Labute approximate surface area is 152 Å². The number of rotatable bonds is 3. The minimum absolute atomic E-state index is 0.242. The summed E-state index contributed by atoms with van der Waals surface area (Å²) in [7, 11) is 0. The highest BCUT2D eigenvalue weighted by atomic mass is 16.4. The smallest absolute Gasteiger partial charge is 0.321 e. The third-order valence-corrected chi connectivity index (χ3v) is 5.15. The highest BCUT2D eigenvalue weighted by Crippen LogP contribution is 2.38. The predicted octanol–water partition coefficient (Wildman–Crippen LogP) is 3.32. The molecule has 0 bridgehead atoms. The largest absolute Gasteiger partial charge is 0.481 e. The number of carbonyl (C=O) groups excluding carboxylic acids is 1. The van der Waals surface area contributed by atoms with E-state index in [0.717, 1.165) is 24.3 Å². The maximum Gasteiger partial charge on any atom is 0.321 e. The van der Waals surface area contributed by atoms with Crippen LogP contribution in [0.3, 0.4) is 0 Å². The molecule has 0 radical (unpaired) electrons. The number of fused-ring (bicyclic) bond motifs is 1. The molecular weight excluding hydrogens is 330 g/mol. The van der Waals surface area contributed by atoms with Crippen molar-refractivity contribution in [2.24, 2.45) is 5.92 Å². The van der Waals surface area contributed by atoms with Crippen LogP contribution in [0.4, 0.5) is 21.9 Å². The van der Waals surface area contributed by atoms with Crippen LogP contribution in [0.5, 0.6) is 0 Å². The number of carboxylic acid groups (broad SMARTS) is 1. The second kappa shape index (κ2) is 6.71. The van der Waals surface area contributed by atoms with Crippen molar-refractivity contribution >= 4 is 29.1 Å². The molecule has 26 heavy (non-hydrogen) atoms. The standard InChI is InChI=1S/C20H21N3O3/c24-19(25)15-9-11-22(13-15)20(26)21-16-6-2-4-8-18(16)23-12-10-14-5-1-3-7-17(14)23/h1-8,15H,9-13H2,(H,21,26)(H,24,25). The Morgan fingerprint density at radius 3 is 2.50 bits per heavy atom. The molecule has 2 amide bonds. The van der Waals surface area contributed by atoms with Crippen molar-refractivity contribution in [3.8, 4) is 0 Å². The van der Waals surface area contributed by atoms with Gasteiger partial charge < -0.3 is 20.2 Å². The monoisotopic (exact) mass is 351 g/mol. The Morgan fingerprint density at radius 1 is 1.00 bits per heavy atom. The van der Waals surface area contributed by atoms with Gasteiger partial charge in [0.2, 0.25) is 0 Å². The lowest BCUT2D eigenvalue weighted by Gasteiger charge is -2.24. The Balaban J connectivity index is 1.54. The van der Waals surface area contributed by atoms with Crippen molar-refractivity contribution in [1.29, 1.82) is 0 Å². The van der Waals surface area contributed by atoms with Crippen LogP contribution in [0.15, 0.2) is 48.5 Å². The first-order valence-electron chi connectivity index (χ1n) is 8.86. The normalized spacial score (nSPS) is 18.7. The number of hydrogen-bond donors (Lipinski definition) is 2. The second-order valence-electron chi connectivity index (χ2n) is 6.75. The van der Waals surface area contributed by atoms with Crippen LogP contribution >= 0.6 is 0 Å². The molecule has 4 rings (SSSR count). The summed E-state index contributed by atoms with van der Waals surface area (Å²) in [6, 6.07) is 15.8. The molecule has 0 aliphatic carbocycles. The molecule has 0 spiro atoms. The molecule has 0 aromatic heterocycles. The van der Waals surface area contributed by atoms with Crippen LogP contribution in [0.25, 0.3) is 0 Å². The summed E-state index contributed by atoms with van der Waals surface area (Å²) in [6.45, 7) is 1.60. The fourth-order valence-electron chi connectivity index (χ4n) is 3.74. The van der Waals surface area contributed by atoms with Gasteiger partial charge in [0.05, 0.1) is 17.3 Å². The van der Waals surface area contributed by atoms with Gasteiger partial charge in [-0.2, -0.15) is 0 Å². The summed E-state index contributed by atoms with van der Waals surface area (Å²) in [6.07, 6.45) is 1.48. The first-order chi connectivity index (χ1) is 12.6. The van der Waals surface area contributed by atoms with Gasteiger partial charge in [0.25, 0.3) is 0 Å². The SMILES string of the molecule is O=C(O)C1CCN(C(=O)Nc2ccccc2N2CCc3ccccc32)C1. The molecule has 1 atom stereocenters. The summed E-state index contributed by atoms with van der Waals surface area (Å²) in [5.74, 6) is -1.31. The van der Waals surface area contributed by atoms with E-state index in [-0.39, 0.29) is 12.6 Å². The molecule has 1 saturated heterocycles. The van der Waals surface area contributed by atoms with Gasteiger partial charge in [0.15, 0.2) is 0 Å². The summed E-state index contributed by atoms with van der Waals surface area (Å²) in [5, 5.41) is 12.1. The average molecular weight is 351 g/mol. The van der Waals surface area contributed by atoms with Gasteiger partial charge in [-0.25, -0.2) is 4.79 Å². The summed E-state index contributed by atoms with van der Waals surface area (Å²) >= 11 is 0. The maximum atomic E-state index is 12.6. The lowest BCUT2D eigenvalue weighted by atomic mass is 10.1. The number of anilines is 3. The van der Waals surface area contributed by atoms with Crippen LogP contribution in [-0.2, 0) is 11.2 Å². The number of aliphatic carboxylic acids is 1. The third-order valence-electron chi connectivity index (χ3n) is 5.15. The highest BCUT2D eigenvalue weighted by Gasteiger charge is 2.31. The van der Waals surface area contributed by atoms with Crippen molar-refractivity contribution in [2.75, 3.05) is 29.9 Å². The van der Waals surface area contributed by atoms with E-state index in [4.69, 9.17) is 5.11 Å². The zero-order valence-corrected chi connectivity index (χ0v) is 14.4. The van der Waals surface area contributed by atoms with E-state index in [0.29, 0.717) is 13.0 Å². The molecule has 0 saturated carbocycles. The number of nitrogens with zero attached hydrogens (tertiary/aromatic N) is 2. The van der Waals surface area contributed by atoms with Crippen LogP contribution in [0.1, 0.15) is 12.0 Å². The molecule has 1 unspecified atom stereocenters. The van der Waals surface area contributed by atoms with Crippen LogP contribution < -0.4 is 10.2 Å². The zero-order chi connectivity index (χ0) is 18.1. The molecule has 1 fully saturated rings. The second-order valence-corrected chi connectivity index (χ2v) is 6.75.